The number of para-hydroxylation sites is 1. The zero-order valence-corrected chi connectivity index (χ0v) is 15.5. The summed E-state index contributed by atoms with van der Waals surface area (Å²) in [5, 5.41) is 0. The van der Waals surface area contributed by atoms with Gasteiger partial charge in [-0.3, -0.25) is 9.36 Å². The lowest BCUT2D eigenvalue weighted by Crippen LogP contribution is -2.32. The van der Waals surface area contributed by atoms with Crippen molar-refractivity contribution in [1.29, 1.82) is 0 Å². The molecule has 1 fully saturated rings. The highest BCUT2D eigenvalue weighted by Crippen LogP contribution is 2.38. The van der Waals surface area contributed by atoms with Crippen molar-refractivity contribution >= 4 is 5.91 Å². The second-order valence-corrected chi connectivity index (χ2v) is 7.04. The van der Waals surface area contributed by atoms with Gasteiger partial charge in [0, 0.05) is 12.2 Å². The number of ether oxygens (including phenoxy) is 2. The fraction of sp³-hybridized carbons (Fsp3) is 0.273. The third-order valence-corrected chi connectivity index (χ3v) is 5.36. The number of fused-ring (bicyclic) bond motifs is 1. The number of amides is 1. The number of rotatable bonds is 3. The number of hydrogen-bond donors (Lipinski definition) is 0. The molecule has 2 aliphatic rings. The minimum Gasteiger partial charge on any atom is -0.486 e. The highest BCUT2D eigenvalue weighted by Gasteiger charge is 2.33. The molecule has 0 bridgehead atoms. The molecule has 0 saturated carbocycles. The van der Waals surface area contributed by atoms with Crippen LogP contribution in [0.2, 0.25) is 0 Å². The van der Waals surface area contributed by atoms with Crippen LogP contribution in [0.15, 0.2) is 61.1 Å². The number of imidazole rings is 1. The maximum absolute atomic E-state index is 13.4. The van der Waals surface area contributed by atoms with Gasteiger partial charge in [-0.15, -0.1) is 0 Å². The number of carbonyl (C=O) groups excluding carboxylic acids is 1. The Balaban J connectivity index is 1.45. The van der Waals surface area contributed by atoms with Crippen LogP contribution in [0, 0.1) is 0 Å². The first-order valence-corrected chi connectivity index (χ1v) is 9.59. The molecule has 3 heterocycles. The minimum atomic E-state index is -0.00116. The van der Waals surface area contributed by atoms with Crippen LogP contribution in [-0.4, -0.2) is 40.1 Å². The normalized spacial score (nSPS) is 18.3. The molecule has 0 aliphatic carbocycles. The fourth-order valence-corrected chi connectivity index (χ4v) is 4.02. The van der Waals surface area contributed by atoms with Gasteiger partial charge in [-0.1, -0.05) is 24.3 Å². The van der Waals surface area contributed by atoms with Gasteiger partial charge in [0.05, 0.1) is 18.6 Å². The summed E-state index contributed by atoms with van der Waals surface area (Å²) in [5.74, 6) is 1.53. The smallest absolute Gasteiger partial charge is 0.273 e. The van der Waals surface area contributed by atoms with E-state index in [2.05, 4.69) is 4.98 Å². The van der Waals surface area contributed by atoms with E-state index in [1.807, 2.05) is 58.0 Å². The summed E-state index contributed by atoms with van der Waals surface area (Å²) in [7, 11) is 0. The maximum atomic E-state index is 13.4. The summed E-state index contributed by atoms with van der Waals surface area (Å²) in [6, 6.07) is 15.8. The number of carbonyl (C=O) groups is 1. The Kier molecular flexibility index (Phi) is 4.24. The lowest BCUT2D eigenvalue weighted by atomic mass is 10.0. The van der Waals surface area contributed by atoms with E-state index in [1.54, 1.807) is 12.5 Å². The van der Waals surface area contributed by atoms with Crippen molar-refractivity contribution < 1.29 is 14.3 Å². The molecule has 0 spiro atoms. The molecule has 1 amide bonds. The van der Waals surface area contributed by atoms with Crippen molar-refractivity contribution in [2.75, 3.05) is 19.8 Å². The van der Waals surface area contributed by atoms with E-state index in [1.165, 1.54) is 0 Å². The monoisotopic (exact) mass is 375 g/mol. The minimum absolute atomic E-state index is 0.00116. The molecule has 0 N–H and O–H groups in total. The molecule has 1 aromatic heterocycles. The molecule has 2 aromatic carbocycles. The number of aromatic nitrogens is 2. The average molecular weight is 375 g/mol. The Morgan fingerprint density at radius 1 is 1.04 bits per heavy atom. The molecule has 1 saturated heterocycles. The molecule has 5 rings (SSSR count). The quantitative estimate of drug-likeness (QED) is 0.702. The molecule has 2 aliphatic heterocycles. The van der Waals surface area contributed by atoms with Gasteiger partial charge in [0.25, 0.3) is 5.91 Å². The van der Waals surface area contributed by atoms with E-state index in [-0.39, 0.29) is 11.9 Å². The van der Waals surface area contributed by atoms with Gasteiger partial charge in [0.1, 0.15) is 18.9 Å². The first-order valence-electron chi connectivity index (χ1n) is 9.59. The van der Waals surface area contributed by atoms with Crippen molar-refractivity contribution in [2.45, 2.75) is 18.9 Å². The summed E-state index contributed by atoms with van der Waals surface area (Å²) in [6.45, 7) is 1.86. The second-order valence-electron chi connectivity index (χ2n) is 7.04. The molecule has 3 aromatic rings. The number of likely N-dealkylation sites (tertiary alicyclic amines) is 1. The predicted octanol–water partition coefficient (Wildman–Crippen LogP) is 3.62. The van der Waals surface area contributed by atoms with Crippen LogP contribution in [0.25, 0.3) is 5.69 Å². The van der Waals surface area contributed by atoms with Gasteiger partial charge < -0.3 is 14.4 Å². The SMILES string of the molecule is O=C(c1cncn1-c1ccccc1)N1CCC[C@H]1c1ccc2c(c1)OCCO2. The lowest BCUT2D eigenvalue weighted by Gasteiger charge is -2.27. The van der Waals surface area contributed by atoms with Gasteiger partial charge in [0.2, 0.25) is 0 Å². The molecule has 1 atom stereocenters. The summed E-state index contributed by atoms with van der Waals surface area (Å²) in [5.41, 5.74) is 2.59. The highest BCUT2D eigenvalue weighted by molar-refractivity contribution is 5.93. The molecular formula is C22H21N3O3. The van der Waals surface area contributed by atoms with Gasteiger partial charge in [-0.2, -0.15) is 0 Å². The number of hydrogen-bond acceptors (Lipinski definition) is 4. The molecule has 142 valence electrons. The summed E-state index contributed by atoms with van der Waals surface area (Å²) >= 11 is 0. The van der Waals surface area contributed by atoms with Crippen LogP contribution in [0.1, 0.15) is 34.9 Å². The highest BCUT2D eigenvalue weighted by atomic mass is 16.6. The second kappa shape index (κ2) is 7.03. The summed E-state index contributed by atoms with van der Waals surface area (Å²) < 4.78 is 13.2. The lowest BCUT2D eigenvalue weighted by molar-refractivity contribution is 0.0727. The Morgan fingerprint density at radius 2 is 1.86 bits per heavy atom. The largest absolute Gasteiger partial charge is 0.486 e. The van der Waals surface area contributed by atoms with Gasteiger partial charge >= 0.3 is 0 Å². The van der Waals surface area contributed by atoms with Crippen molar-refractivity contribution in [3.8, 4) is 17.2 Å². The Bertz CT molecular complexity index is 999. The molecule has 0 radical (unpaired) electrons. The summed E-state index contributed by atoms with van der Waals surface area (Å²) in [4.78, 5) is 19.6. The Hall–Kier alpha value is -3.28. The Morgan fingerprint density at radius 3 is 2.71 bits per heavy atom. The first-order chi connectivity index (χ1) is 13.8. The van der Waals surface area contributed by atoms with E-state index in [0.717, 1.165) is 42.1 Å². The van der Waals surface area contributed by atoms with Crippen LogP contribution >= 0.6 is 0 Å². The summed E-state index contributed by atoms with van der Waals surface area (Å²) in [6.07, 6.45) is 5.25. The van der Waals surface area contributed by atoms with E-state index in [4.69, 9.17) is 9.47 Å². The van der Waals surface area contributed by atoms with E-state index in [9.17, 15) is 4.79 Å². The zero-order valence-electron chi connectivity index (χ0n) is 15.5. The molecule has 6 nitrogen and oxygen atoms in total. The predicted molar refractivity (Wildman–Crippen MR) is 104 cm³/mol. The van der Waals surface area contributed by atoms with Crippen LogP contribution in [-0.2, 0) is 0 Å². The standard InChI is InChI=1S/C22H21N3O3/c26-22(19-14-23-15-25(19)17-5-2-1-3-6-17)24-10-4-7-18(24)16-8-9-20-21(13-16)28-12-11-27-20/h1-3,5-6,8-9,13-15,18H,4,7,10-12H2/t18-/m0/s1. The third-order valence-electron chi connectivity index (χ3n) is 5.36. The molecular weight excluding hydrogens is 354 g/mol. The van der Waals surface area contributed by atoms with E-state index < -0.39 is 0 Å². The third kappa shape index (κ3) is 2.91. The molecule has 0 unspecified atom stereocenters. The van der Waals surface area contributed by atoms with E-state index in [0.29, 0.717) is 18.9 Å². The van der Waals surface area contributed by atoms with Gasteiger partial charge in [0.15, 0.2) is 11.5 Å². The van der Waals surface area contributed by atoms with Crippen molar-refractivity contribution in [3.05, 3.63) is 72.3 Å². The van der Waals surface area contributed by atoms with Crippen molar-refractivity contribution in [1.82, 2.24) is 14.5 Å². The Labute approximate surface area is 163 Å². The maximum Gasteiger partial charge on any atom is 0.273 e. The number of benzene rings is 2. The van der Waals surface area contributed by atoms with Crippen LogP contribution in [0.5, 0.6) is 11.5 Å². The van der Waals surface area contributed by atoms with Crippen molar-refractivity contribution in [2.24, 2.45) is 0 Å². The van der Waals surface area contributed by atoms with Gasteiger partial charge in [-0.25, -0.2) is 4.98 Å². The van der Waals surface area contributed by atoms with Crippen molar-refractivity contribution in [3.63, 3.8) is 0 Å². The van der Waals surface area contributed by atoms with E-state index >= 15 is 0 Å². The van der Waals surface area contributed by atoms with Crippen LogP contribution < -0.4 is 9.47 Å². The molecule has 28 heavy (non-hydrogen) atoms. The van der Waals surface area contributed by atoms with Gasteiger partial charge in [-0.05, 0) is 42.7 Å². The van der Waals surface area contributed by atoms with Crippen LogP contribution in [0.4, 0.5) is 0 Å². The first kappa shape index (κ1) is 16.9. The average Bonchev–Trinajstić information content (AvgIpc) is 3.43. The molecule has 6 heteroatoms. The topological polar surface area (TPSA) is 56.6 Å². The number of nitrogens with zero attached hydrogens (tertiary/aromatic N) is 3. The van der Waals surface area contributed by atoms with Crippen LogP contribution in [0.3, 0.4) is 0 Å². The zero-order chi connectivity index (χ0) is 18.9. The fourth-order valence-electron chi connectivity index (χ4n) is 4.02.